The smallest absolute Gasteiger partial charge is 0.273 e. The van der Waals surface area contributed by atoms with Gasteiger partial charge < -0.3 is 0 Å². The number of benzene rings is 3. The Labute approximate surface area is 207 Å². The van der Waals surface area contributed by atoms with Crippen LogP contribution in [0.1, 0.15) is 40.3 Å². The molecule has 1 aliphatic heterocycles. The molecule has 0 radical (unpaired) electrons. The Bertz CT molecular complexity index is 1320. The van der Waals surface area contributed by atoms with E-state index in [1.165, 1.54) is 11.1 Å². The molecule has 1 aliphatic rings. The monoisotopic (exact) mass is 516 g/mol. The van der Waals surface area contributed by atoms with Crippen molar-refractivity contribution in [2.75, 3.05) is 4.90 Å². The van der Waals surface area contributed by atoms with Crippen LogP contribution >= 0.6 is 15.9 Å². The number of barbiturate groups is 1. The normalized spacial score (nSPS) is 15.1. The van der Waals surface area contributed by atoms with Crippen LogP contribution in [0, 0.1) is 13.8 Å². The first-order valence-electron chi connectivity index (χ1n) is 11.1. The van der Waals surface area contributed by atoms with Crippen molar-refractivity contribution in [1.29, 1.82) is 0 Å². The molecule has 1 heterocycles. The summed E-state index contributed by atoms with van der Waals surface area (Å²) in [4.78, 5) is 39.9. The van der Waals surface area contributed by atoms with E-state index in [1.54, 1.807) is 18.2 Å². The first-order valence-corrected chi connectivity index (χ1v) is 11.9. The molecular formula is C28H25BrN2O3. The number of amides is 4. The maximum atomic E-state index is 13.4. The molecule has 0 unspecified atom stereocenters. The van der Waals surface area contributed by atoms with Crippen LogP contribution in [0.2, 0.25) is 0 Å². The van der Waals surface area contributed by atoms with E-state index in [1.807, 2.05) is 37.3 Å². The fraction of sp³-hybridized carbons (Fsp3) is 0.179. The number of para-hydroxylation sites is 1. The molecule has 1 fully saturated rings. The Morgan fingerprint density at radius 3 is 2.32 bits per heavy atom. The van der Waals surface area contributed by atoms with Crippen LogP contribution in [0.15, 0.2) is 70.7 Å². The molecular weight excluding hydrogens is 492 g/mol. The van der Waals surface area contributed by atoms with Crippen molar-refractivity contribution < 1.29 is 14.4 Å². The fourth-order valence-corrected chi connectivity index (χ4v) is 4.69. The second-order valence-corrected chi connectivity index (χ2v) is 9.37. The lowest BCUT2D eigenvalue weighted by Crippen LogP contribution is -2.54. The molecule has 0 aromatic heterocycles. The molecule has 6 heteroatoms. The molecule has 3 aromatic carbocycles. The Balaban J connectivity index is 1.77. The van der Waals surface area contributed by atoms with E-state index in [2.05, 4.69) is 53.3 Å². The van der Waals surface area contributed by atoms with Gasteiger partial charge in [-0.15, -0.1) is 0 Å². The summed E-state index contributed by atoms with van der Waals surface area (Å²) in [7, 11) is 0. The first-order chi connectivity index (χ1) is 16.3. The molecule has 0 bridgehead atoms. The number of carbonyl (C=O) groups is 3. The number of halogens is 1. The molecule has 4 rings (SSSR count). The lowest BCUT2D eigenvalue weighted by atomic mass is 9.95. The summed E-state index contributed by atoms with van der Waals surface area (Å²) in [5.41, 5.74) is 6.46. The van der Waals surface area contributed by atoms with Crippen molar-refractivity contribution >= 4 is 45.5 Å². The zero-order valence-corrected chi connectivity index (χ0v) is 20.9. The molecule has 172 valence electrons. The summed E-state index contributed by atoms with van der Waals surface area (Å²) < 4.78 is 0.830. The number of imide groups is 2. The number of aryl methyl sites for hydroxylation is 3. The summed E-state index contributed by atoms with van der Waals surface area (Å²) in [6.07, 6.45) is 2.87. The number of urea groups is 1. The summed E-state index contributed by atoms with van der Waals surface area (Å²) >= 11 is 3.50. The summed E-state index contributed by atoms with van der Waals surface area (Å²) in [5.74, 6) is -1.33. The lowest BCUT2D eigenvalue weighted by molar-refractivity contribution is -0.122. The molecule has 1 N–H and O–H groups in total. The van der Waals surface area contributed by atoms with E-state index in [0.29, 0.717) is 18.5 Å². The van der Waals surface area contributed by atoms with E-state index in [-0.39, 0.29) is 5.57 Å². The lowest BCUT2D eigenvalue weighted by Gasteiger charge is -2.28. The van der Waals surface area contributed by atoms with Gasteiger partial charge in [-0.3, -0.25) is 14.9 Å². The van der Waals surface area contributed by atoms with E-state index < -0.39 is 17.8 Å². The van der Waals surface area contributed by atoms with Gasteiger partial charge in [-0.25, -0.2) is 9.69 Å². The third-order valence-corrected chi connectivity index (χ3v) is 6.29. The van der Waals surface area contributed by atoms with Crippen LogP contribution in [-0.4, -0.2) is 17.8 Å². The number of hydrogen-bond donors (Lipinski definition) is 1. The number of carbonyl (C=O) groups excluding carboxylic acids is 3. The zero-order valence-electron chi connectivity index (χ0n) is 19.3. The van der Waals surface area contributed by atoms with Gasteiger partial charge in [0.1, 0.15) is 5.57 Å². The molecule has 5 nitrogen and oxygen atoms in total. The predicted octanol–water partition coefficient (Wildman–Crippen LogP) is 5.89. The number of rotatable bonds is 5. The third-order valence-electron chi connectivity index (χ3n) is 5.80. The Hall–Kier alpha value is -3.51. The minimum atomic E-state index is -0.738. The molecule has 34 heavy (non-hydrogen) atoms. The SMILES string of the molecule is CCc1ccccc1N1C(=O)NC(=O)/C(=C/c2cc(Br)ccc2Cc2cc(C)cc(C)c2)C1=O. The standard InChI is InChI=1S/C28H25BrN2O3/c1-4-20-7-5-6-8-25(20)31-27(33)24(26(32)30-28(31)34)16-22-15-23(29)10-9-21(22)14-19-12-17(2)11-18(3)13-19/h5-13,15-16H,4,14H2,1-3H3,(H,30,32,34)/b24-16-. The van der Waals surface area contributed by atoms with Gasteiger partial charge >= 0.3 is 6.03 Å². The maximum absolute atomic E-state index is 13.4. The molecule has 0 atom stereocenters. The van der Waals surface area contributed by atoms with Gasteiger partial charge in [-0.05, 0) is 73.2 Å². The third kappa shape index (κ3) is 4.87. The Morgan fingerprint density at radius 1 is 0.912 bits per heavy atom. The minimum Gasteiger partial charge on any atom is -0.273 e. The van der Waals surface area contributed by atoms with E-state index in [9.17, 15) is 14.4 Å². The van der Waals surface area contributed by atoms with Crippen molar-refractivity contribution in [3.05, 3.63) is 104 Å². The van der Waals surface area contributed by atoms with Gasteiger partial charge in [0.2, 0.25) is 0 Å². The zero-order chi connectivity index (χ0) is 24.4. The van der Waals surface area contributed by atoms with Crippen LogP contribution in [0.25, 0.3) is 6.08 Å². The Morgan fingerprint density at radius 2 is 1.62 bits per heavy atom. The molecule has 1 saturated heterocycles. The van der Waals surface area contributed by atoms with Gasteiger partial charge in [-0.2, -0.15) is 0 Å². The molecule has 0 saturated carbocycles. The molecule has 4 amide bonds. The average molecular weight is 517 g/mol. The second kappa shape index (κ2) is 9.77. The van der Waals surface area contributed by atoms with Crippen LogP contribution in [-0.2, 0) is 22.4 Å². The van der Waals surface area contributed by atoms with E-state index in [0.717, 1.165) is 31.6 Å². The highest BCUT2D eigenvalue weighted by Gasteiger charge is 2.37. The van der Waals surface area contributed by atoms with Gasteiger partial charge in [0, 0.05) is 4.47 Å². The van der Waals surface area contributed by atoms with Gasteiger partial charge in [0.05, 0.1) is 5.69 Å². The fourth-order valence-electron chi connectivity index (χ4n) is 4.31. The summed E-state index contributed by atoms with van der Waals surface area (Å²) in [6.45, 7) is 6.07. The predicted molar refractivity (Wildman–Crippen MR) is 138 cm³/mol. The van der Waals surface area contributed by atoms with Crippen molar-refractivity contribution in [1.82, 2.24) is 5.32 Å². The van der Waals surface area contributed by atoms with Gasteiger partial charge in [0.15, 0.2) is 0 Å². The topological polar surface area (TPSA) is 66.5 Å². The maximum Gasteiger partial charge on any atom is 0.335 e. The summed E-state index contributed by atoms with van der Waals surface area (Å²) in [6, 6.07) is 18.7. The minimum absolute atomic E-state index is 0.0784. The quantitative estimate of drug-likeness (QED) is 0.339. The highest BCUT2D eigenvalue weighted by molar-refractivity contribution is 9.10. The highest BCUT2D eigenvalue weighted by atomic mass is 79.9. The first kappa shape index (κ1) is 23.6. The molecule has 0 aliphatic carbocycles. The van der Waals surface area contributed by atoms with Crippen molar-refractivity contribution in [3.8, 4) is 0 Å². The van der Waals surface area contributed by atoms with Crippen molar-refractivity contribution in [2.24, 2.45) is 0 Å². The largest absolute Gasteiger partial charge is 0.335 e. The number of nitrogens with zero attached hydrogens (tertiary/aromatic N) is 1. The van der Waals surface area contributed by atoms with Gasteiger partial charge in [0.25, 0.3) is 11.8 Å². The van der Waals surface area contributed by atoms with Crippen LogP contribution < -0.4 is 10.2 Å². The number of hydrogen-bond acceptors (Lipinski definition) is 3. The molecule has 0 spiro atoms. The van der Waals surface area contributed by atoms with E-state index >= 15 is 0 Å². The van der Waals surface area contributed by atoms with Crippen LogP contribution in [0.3, 0.4) is 0 Å². The number of anilines is 1. The van der Waals surface area contributed by atoms with Gasteiger partial charge in [-0.1, -0.05) is 76.4 Å². The number of nitrogens with one attached hydrogen (secondary N) is 1. The van der Waals surface area contributed by atoms with E-state index in [4.69, 9.17) is 0 Å². The van der Waals surface area contributed by atoms with Crippen LogP contribution in [0.4, 0.5) is 10.5 Å². The highest BCUT2D eigenvalue weighted by Crippen LogP contribution is 2.28. The van der Waals surface area contributed by atoms with Crippen molar-refractivity contribution in [3.63, 3.8) is 0 Å². The molecule has 3 aromatic rings. The van der Waals surface area contributed by atoms with Crippen molar-refractivity contribution in [2.45, 2.75) is 33.6 Å². The van der Waals surface area contributed by atoms with Crippen LogP contribution in [0.5, 0.6) is 0 Å². The average Bonchev–Trinajstić information content (AvgIpc) is 2.78. The summed E-state index contributed by atoms with van der Waals surface area (Å²) in [5, 5.41) is 2.33. The second-order valence-electron chi connectivity index (χ2n) is 8.46. The Kier molecular flexibility index (Phi) is 6.80.